The number of methoxy groups -OCH3 is 3. The van der Waals surface area contributed by atoms with E-state index in [1.54, 1.807) is 48.8 Å². The van der Waals surface area contributed by atoms with E-state index in [0.29, 0.717) is 35.0 Å². The lowest BCUT2D eigenvalue weighted by molar-refractivity contribution is 0.0977. The van der Waals surface area contributed by atoms with Crippen molar-refractivity contribution in [3.05, 3.63) is 78.1 Å². The molecule has 0 saturated carbocycles. The lowest BCUT2D eigenvalue weighted by Gasteiger charge is -2.16. The highest BCUT2D eigenvalue weighted by Gasteiger charge is 2.15. The first-order chi connectivity index (χ1) is 15.1. The molecule has 0 aliphatic carbocycles. The van der Waals surface area contributed by atoms with Crippen LogP contribution in [0.4, 0.5) is 5.69 Å². The van der Waals surface area contributed by atoms with Crippen molar-refractivity contribution in [2.24, 2.45) is 4.99 Å². The van der Waals surface area contributed by atoms with Crippen LogP contribution in [0.2, 0.25) is 0 Å². The van der Waals surface area contributed by atoms with Gasteiger partial charge in [0.1, 0.15) is 0 Å². The summed E-state index contributed by atoms with van der Waals surface area (Å²) in [5, 5.41) is 5.96. The standard InChI is InChI=1S/C23H24N4O4/c1-29-19-12-18(13-20(30-2)21(19)31-3)26-23(25-15-16-8-7-11-24-14-16)27-22(28)17-9-5-4-6-10-17/h4-14H,15H2,1-3H3,(H2,25,26,27,28). The van der Waals surface area contributed by atoms with E-state index in [-0.39, 0.29) is 11.9 Å². The molecule has 3 aromatic rings. The highest BCUT2D eigenvalue weighted by molar-refractivity contribution is 6.10. The van der Waals surface area contributed by atoms with Gasteiger partial charge in [-0.3, -0.25) is 15.1 Å². The number of aromatic nitrogens is 1. The van der Waals surface area contributed by atoms with Gasteiger partial charge in [-0.1, -0.05) is 24.3 Å². The third-order valence-corrected chi connectivity index (χ3v) is 4.34. The Kier molecular flexibility index (Phi) is 7.42. The number of benzene rings is 2. The molecule has 0 atom stereocenters. The fraction of sp³-hybridized carbons (Fsp3) is 0.174. The van der Waals surface area contributed by atoms with E-state index in [4.69, 9.17) is 14.2 Å². The molecule has 1 aromatic heterocycles. The molecular weight excluding hydrogens is 396 g/mol. The van der Waals surface area contributed by atoms with E-state index >= 15 is 0 Å². The van der Waals surface area contributed by atoms with E-state index in [0.717, 1.165) is 5.56 Å². The van der Waals surface area contributed by atoms with Crippen LogP contribution in [-0.2, 0) is 6.54 Å². The number of rotatable bonds is 7. The summed E-state index contributed by atoms with van der Waals surface area (Å²) in [6, 6.07) is 16.1. The zero-order chi connectivity index (χ0) is 22.1. The normalized spacial score (nSPS) is 10.9. The number of pyridine rings is 1. The molecule has 1 heterocycles. The topological polar surface area (TPSA) is 94.1 Å². The van der Waals surface area contributed by atoms with Crippen molar-refractivity contribution in [3.8, 4) is 17.2 Å². The van der Waals surface area contributed by atoms with Crippen molar-refractivity contribution in [1.29, 1.82) is 0 Å². The predicted molar refractivity (Wildman–Crippen MR) is 119 cm³/mol. The van der Waals surface area contributed by atoms with Crippen LogP contribution in [0.5, 0.6) is 17.2 Å². The molecule has 0 aliphatic rings. The number of aliphatic imine (C=N–C) groups is 1. The van der Waals surface area contributed by atoms with Crippen LogP contribution in [0.3, 0.4) is 0 Å². The number of hydrogen-bond acceptors (Lipinski definition) is 6. The summed E-state index contributed by atoms with van der Waals surface area (Å²) in [6.07, 6.45) is 3.42. The highest BCUT2D eigenvalue weighted by Crippen LogP contribution is 2.39. The number of hydrogen-bond donors (Lipinski definition) is 2. The van der Waals surface area contributed by atoms with Crippen molar-refractivity contribution in [2.45, 2.75) is 6.54 Å². The molecule has 31 heavy (non-hydrogen) atoms. The van der Waals surface area contributed by atoms with Gasteiger partial charge in [0, 0.05) is 35.8 Å². The number of nitrogens with one attached hydrogen (secondary N) is 2. The molecule has 0 spiro atoms. The molecule has 8 nitrogen and oxygen atoms in total. The minimum Gasteiger partial charge on any atom is -0.493 e. The maximum absolute atomic E-state index is 12.7. The Labute approximate surface area is 180 Å². The lowest BCUT2D eigenvalue weighted by atomic mass is 10.2. The fourth-order valence-corrected chi connectivity index (χ4v) is 2.83. The molecule has 0 fully saturated rings. The Hall–Kier alpha value is -4.07. The average molecular weight is 420 g/mol. The molecule has 2 N–H and O–H groups in total. The van der Waals surface area contributed by atoms with Crippen molar-refractivity contribution in [2.75, 3.05) is 26.6 Å². The van der Waals surface area contributed by atoms with E-state index in [2.05, 4.69) is 20.6 Å². The maximum Gasteiger partial charge on any atom is 0.257 e. The van der Waals surface area contributed by atoms with Crippen molar-refractivity contribution in [1.82, 2.24) is 10.3 Å². The summed E-state index contributed by atoms with van der Waals surface area (Å²) in [5.41, 5.74) is 2.02. The van der Waals surface area contributed by atoms with Gasteiger partial charge < -0.3 is 19.5 Å². The smallest absolute Gasteiger partial charge is 0.257 e. The molecule has 0 unspecified atom stereocenters. The number of carbonyl (C=O) groups excluding carboxylic acids is 1. The van der Waals surface area contributed by atoms with E-state index in [9.17, 15) is 4.79 Å². The molecule has 0 aliphatic heterocycles. The van der Waals surface area contributed by atoms with Crippen molar-refractivity contribution < 1.29 is 19.0 Å². The Bertz CT molecular complexity index is 1010. The number of nitrogens with zero attached hydrogens (tertiary/aromatic N) is 2. The van der Waals surface area contributed by atoms with Crippen LogP contribution in [0.15, 0.2) is 72.0 Å². The Morgan fingerprint density at radius 1 is 0.968 bits per heavy atom. The van der Waals surface area contributed by atoms with Gasteiger partial charge in [-0.25, -0.2) is 4.99 Å². The second-order valence-corrected chi connectivity index (χ2v) is 6.39. The third kappa shape index (κ3) is 5.72. The molecule has 1 amide bonds. The summed E-state index contributed by atoms with van der Waals surface area (Å²) >= 11 is 0. The number of anilines is 1. The van der Waals surface area contributed by atoms with Crippen LogP contribution in [0.1, 0.15) is 15.9 Å². The number of amides is 1. The minimum atomic E-state index is -0.287. The maximum atomic E-state index is 12.7. The van der Waals surface area contributed by atoms with E-state index in [1.807, 2.05) is 18.2 Å². The summed E-state index contributed by atoms with van der Waals surface area (Å²) in [6.45, 7) is 0.329. The van der Waals surface area contributed by atoms with Crippen LogP contribution < -0.4 is 24.8 Å². The second-order valence-electron chi connectivity index (χ2n) is 6.39. The van der Waals surface area contributed by atoms with Gasteiger partial charge in [0.05, 0.1) is 27.9 Å². The minimum absolute atomic E-state index is 0.270. The van der Waals surface area contributed by atoms with Gasteiger partial charge in [0.2, 0.25) is 11.7 Å². The summed E-state index contributed by atoms with van der Waals surface area (Å²) < 4.78 is 16.2. The van der Waals surface area contributed by atoms with Gasteiger partial charge in [0.15, 0.2) is 11.5 Å². The number of carbonyl (C=O) groups is 1. The highest BCUT2D eigenvalue weighted by atomic mass is 16.5. The van der Waals surface area contributed by atoms with Crippen molar-refractivity contribution in [3.63, 3.8) is 0 Å². The largest absolute Gasteiger partial charge is 0.493 e. The first kappa shape index (κ1) is 21.6. The van der Waals surface area contributed by atoms with Crippen LogP contribution >= 0.6 is 0 Å². The molecule has 0 saturated heterocycles. The molecular formula is C23H24N4O4. The first-order valence-corrected chi connectivity index (χ1v) is 9.51. The lowest BCUT2D eigenvalue weighted by Crippen LogP contribution is -2.36. The Balaban J connectivity index is 1.89. The summed E-state index contributed by atoms with van der Waals surface area (Å²) in [5.74, 6) is 1.41. The molecule has 0 bridgehead atoms. The second kappa shape index (κ2) is 10.6. The van der Waals surface area contributed by atoms with Crippen LogP contribution in [-0.4, -0.2) is 38.2 Å². The zero-order valence-electron chi connectivity index (χ0n) is 17.6. The number of guanidine groups is 1. The van der Waals surface area contributed by atoms with Gasteiger partial charge in [-0.15, -0.1) is 0 Å². The monoisotopic (exact) mass is 420 g/mol. The quantitative estimate of drug-likeness (QED) is 0.449. The fourth-order valence-electron chi connectivity index (χ4n) is 2.83. The molecule has 3 rings (SSSR count). The average Bonchev–Trinajstić information content (AvgIpc) is 2.83. The Morgan fingerprint density at radius 2 is 1.68 bits per heavy atom. The van der Waals surface area contributed by atoms with E-state index in [1.165, 1.54) is 21.3 Å². The van der Waals surface area contributed by atoms with Gasteiger partial charge in [-0.2, -0.15) is 0 Å². The summed E-state index contributed by atoms with van der Waals surface area (Å²) in [7, 11) is 4.61. The molecule has 0 radical (unpaired) electrons. The number of ether oxygens (including phenoxy) is 3. The van der Waals surface area contributed by atoms with Crippen LogP contribution in [0.25, 0.3) is 0 Å². The third-order valence-electron chi connectivity index (χ3n) is 4.34. The Morgan fingerprint density at radius 3 is 2.26 bits per heavy atom. The van der Waals surface area contributed by atoms with Gasteiger partial charge >= 0.3 is 0 Å². The van der Waals surface area contributed by atoms with Gasteiger partial charge in [0.25, 0.3) is 5.91 Å². The predicted octanol–water partition coefficient (Wildman–Crippen LogP) is 3.51. The molecule has 2 aromatic carbocycles. The first-order valence-electron chi connectivity index (χ1n) is 9.51. The summed E-state index contributed by atoms with van der Waals surface area (Å²) in [4.78, 5) is 21.3. The van der Waals surface area contributed by atoms with Crippen molar-refractivity contribution >= 4 is 17.6 Å². The van der Waals surface area contributed by atoms with Crippen LogP contribution in [0, 0.1) is 0 Å². The SMILES string of the molecule is COc1cc(NC(=NCc2cccnc2)NC(=O)c2ccccc2)cc(OC)c1OC. The van der Waals surface area contributed by atoms with E-state index < -0.39 is 0 Å². The molecule has 160 valence electrons. The zero-order valence-corrected chi connectivity index (χ0v) is 17.6. The van der Waals surface area contributed by atoms with Gasteiger partial charge in [-0.05, 0) is 23.8 Å². The molecule has 8 heteroatoms.